The van der Waals surface area contributed by atoms with Gasteiger partial charge >= 0.3 is 12.0 Å². The number of esters is 1. The zero-order valence-corrected chi connectivity index (χ0v) is 22.4. The molecule has 2 aromatic carbocycles. The number of benzene rings is 2. The highest BCUT2D eigenvalue weighted by Crippen LogP contribution is 2.38. The molecule has 2 saturated heterocycles. The van der Waals surface area contributed by atoms with Crippen molar-refractivity contribution in [2.75, 3.05) is 42.6 Å². The van der Waals surface area contributed by atoms with Crippen LogP contribution < -0.4 is 15.3 Å². The Morgan fingerprint density at radius 3 is 2.41 bits per heavy atom. The van der Waals surface area contributed by atoms with Crippen LogP contribution in [0.1, 0.15) is 32.1 Å². The predicted octanol–water partition coefficient (Wildman–Crippen LogP) is 4.33. The molecule has 12 heteroatoms. The number of likely N-dealkylation sites (tertiary alicyclic amines) is 1. The first-order chi connectivity index (χ1) is 18.7. The molecule has 2 aliphatic rings. The summed E-state index contributed by atoms with van der Waals surface area (Å²) in [5, 5.41) is 3.06. The number of carbonyl (C=O) groups is 4. The number of rotatable bonds is 7. The maximum absolute atomic E-state index is 15.8. The minimum absolute atomic E-state index is 0.0156. The number of anilines is 3. The van der Waals surface area contributed by atoms with E-state index in [1.165, 1.54) is 19.2 Å². The van der Waals surface area contributed by atoms with E-state index in [2.05, 4.69) is 5.32 Å². The summed E-state index contributed by atoms with van der Waals surface area (Å²) in [6, 6.07) is 11.5. The van der Waals surface area contributed by atoms with Crippen molar-refractivity contribution in [1.82, 2.24) is 4.90 Å². The van der Waals surface area contributed by atoms with Crippen LogP contribution in [0.4, 0.5) is 26.3 Å². The fourth-order valence-corrected chi connectivity index (χ4v) is 5.11. The molecular formula is C27H30ClFN4O6. The largest absolute Gasteiger partial charge is 0.469 e. The van der Waals surface area contributed by atoms with Crippen molar-refractivity contribution in [2.24, 2.45) is 0 Å². The molecule has 4 rings (SSSR count). The van der Waals surface area contributed by atoms with Gasteiger partial charge in [0.05, 0.1) is 25.3 Å². The lowest BCUT2D eigenvalue weighted by atomic mass is 9.89. The van der Waals surface area contributed by atoms with Gasteiger partial charge < -0.3 is 24.6 Å². The smallest absolute Gasteiger partial charge is 0.322 e. The second-order valence-corrected chi connectivity index (χ2v) is 9.94. The van der Waals surface area contributed by atoms with E-state index in [-0.39, 0.29) is 29.7 Å². The third-order valence-electron chi connectivity index (χ3n) is 7.09. The van der Waals surface area contributed by atoms with Crippen molar-refractivity contribution in [2.45, 2.75) is 43.7 Å². The number of hydrogen-bond donors (Lipinski definition) is 1. The van der Waals surface area contributed by atoms with Gasteiger partial charge in [0.15, 0.2) is 0 Å². The summed E-state index contributed by atoms with van der Waals surface area (Å²) in [7, 11) is 2.56. The quantitative estimate of drug-likeness (QED) is 0.399. The van der Waals surface area contributed by atoms with E-state index >= 15 is 4.48 Å². The lowest BCUT2D eigenvalue weighted by molar-refractivity contribution is -0.147. The second-order valence-electron chi connectivity index (χ2n) is 9.50. The molecule has 10 nitrogen and oxygen atoms in total. The van der Waals surface area contributed by atoms with Crippen LogP contribution >= 0.6 is 11.6 Å². The van der Waals surface area contributed by atoms with Gasteiger partial charge in [0.25, 0.3) is 5.91 Å². The minimum atomic E-state index is -1.93. The Bertz CT molecular complexity index is 1230. The maximum atomic E-state index is 15.8. The zero-order valence-electron chi connectivity index (χ0n) is 21.7. The lowest BCUT2D eigenvalue weighted by Crippen LogP contribution is -2.59. The van der Waals surface area contributed by atoms with Crippen molar-refractivity contribution in [1.29, 1.82) is 0 Å². The van der Waals surface area contributed by atoms with Gasteiger partial charge in [-0.05, 0) is 61.4 Å². The normalized spacial score (nSPS) is 21.0. The standard InChI is InChI=1S/C27H30ClFN4O6/c1-38-22-15-27(16-24(35)39-2,32(17-22)26(37)30-19-8-6-18(28)7-9-19)25(36)33(29)21-12-10-20(11-13-21)31-14-4-3-5-23(31)34/h6-13,22H,3-5,14-17H2,1-2H3,(H,30,37). The number of methoxy groups -OCH3 is 2. The molecule has 0 bridgehead atoms. The summed E-state index contributed by atoms with van der Waals surface area (Å²) in [4.78, 5) is 54.7. The van der Waals surface area contributed by atoms with E-state index in [0.717, 1.165) is 24.9 Å². The van der Waals surface area contributed by atoms with Crippen LogP contribution in [-0.4, -0.2) is 67.7 Å². The van der Waals surface area contributed by atoms with Gasteiger partial charge in [0.1, 0.15) is 5.54 Å². The number of carbonyl (C=O) groups excluding carboxylic acids is 4. The number of amides is 4. The van der Waals surface area contributed by atoms with E-state index in [1.807, 2.05) is 0 Å². The predicted molar refractivity (Wildman–Crippen MR) is 143 cm³/mol. The Balaban J connectivity index is 1.64. The Labute approximate surface area is 230 Å². The number of ether oxygens (including phenoxy) is 2. The summed E-state index contributed by atoms with van der Waals surface area (Å²) < 4.78 is 26.1. The third kappa shape index (κ3) is 5.99. The summed E-state index contributed by atoms with van der Waals surface area (Å²) in [5.74, 6) is -1.93. The zero-order chi connectivity index (χ0) is 28.2. The molecule has 0 spiro atoms. The minimum Gasteiger partial charge on any atom is -0.469 e. The molecule has 2 heterocycles. The highest BCUT2D eigenvalue weighted by molar-refractivity contribution is 6.30. The molecule has 4 amide bonds. The summed E-state index contributed by atoms with van der Waals surface area (Å²) in [6.45, 7) is 0.497. The first-order valence-electron chi connectivity index (χ1n) is 12.5. The molecule has 0 aromatic heterocycles. The summed E-state index contributed by atoms with van der Waals surface area (Å²) in [6.07, 6.45) is 0.776. The Morgan fingerprint density at radius 2 is 1.79 bits per heavy atom. The van der Waals surface area contributed by atoms with Crippen LogP contribution in [0.5, 0.6) is 0 Å². The number of nitrogens with zero attached hydrogens (tertiary/aromatic N) is 3. The average Bonchev–Trinajstić information content (AvgIpc) is 3.33. The van der Waals surface area contributed by atoms with E-state index < -0.39 is 36.0 Å². The van der Waals surface area contributed by atoms with Crippen LogP contribution in [0.15, 0.2) is 48.5 Å². The van der Waals surface area contributed by atoms with Crippen LogP contribution in [0.3, 0.4) is 0 Å². The fraction of sp³-hybridized carbons (Fsp3) is 0.407. The van der Waals surface area contributed by atoms with Crippen LogP contribution in [-0.2, 0) is 23.9 Å². The molecule has 208 valence electrons. The number of hydrogen-bond acceptors (Lipinski definition) is 6. The van der Waals surface area contributed by atoms with Crippen molar-refractivity contribution in [3.05, 3.63) is 53.6 Å². The molecule has 39 heavy (non-hydrogen) atoms. The van der Waals surface area contributed by atoms with E-state index in [9.17, 15) is 19.2 Å². The van der Waals surface area contributed by atoms with Crippen LogP contribution in [0.25, 0.3) is 0 Å². The fourth-order valence-electron chi connectivity index (χ4n) is 4.99. The average molecular weight is 561 g/mol. The molecule has 2 atom stereocenters. The van der Waals surface area contributed by atoms with Gasteiger partial charge in [-0.1, -0.05) is 16.1 Å². The van der Waals surface area contributed by atoms with Gasteiger partial charge in [0.2, 0.25) is 5.91 Å². The third-order valence-corrected chi connectivity index (χ3v) is 7.35. The van der Waals surface area contributed by atoms with E-state index in [4.69, 9.17) is 21.1 Å². The SMILES string of the molecule is COC(=O)CC1(C(=O)N(F)c2ccc(N3CCCCC3=O)cc2)CC(OC)CN1C(=O)Nc1ccc(Cl)cc1. The highest BCUT2D eigenvalue weighted by Gasteiger charge is 2.57. The Morgan fingerprint density at radius 1 is 1.10 bits per heavy atom. The van der Waals surface area contributed by atoms with Crippen molar-refractivity contribution in [3.63, 3.8) is 0 Å². The molecule has 0 aliphatic carbocycles. The Hall–Kier alpha value is -3.70. The molecule has 2 aromatic rings. The van der Waals surface area contributed by atoms with Crippen molar-refractivity contribution >= 4 is 52.5 Å². The Kier molecular flexibility index (Phi) is 8.71. The molecule has 2 unspecified atom stereocenters. The molecule has 2 fully saturated rings. The molecule has 0 radical (unpaired) electrons. The van der Waals surface area contributed by atoms with Crippen molar-refractivity contribution < 1.29 is 33.1 Å². The van der Waals surface area contributed by atoms with Crippen LogP contribution in [0.2, 0.25) is 5.02 Å². The highest BCUT2D eigenvalue weighted by atomic mass is 35.5. The molecule has 1 N–H and O–H groups in total. The maximum Gasteiger partial charge on any atom is 0.322 e. The van der Waals surface area contributed by atoms with Gasteiger partial charge in [-0.25, -0.2) is 4.79 Å². The summed E-state index contributed by atoms with van der Waals surface area (Å²) >= 11 is 5.93. The first kappa shape index (κ1) is 28.3. The van der Waals surface area contributed by atoms with Gasteiger partial charge in [-0.3, -0.25) is 14.4 Å². The number of nitrogens with one attached hydrogen (secondary N) is 1. The number of halogens is 2. The van der Waals surface area contributed by atoms with E-state index in [1.54, 1.807) is 41.3 Å². The van der Waals surface area contributed by atoms with Crippen LogP contribution in [0, 0.1) is 0 Å². The van der Waals surface area contributed by atoms with Gasteiger partial charge in [-0.15, -0.1) is 5.12 Å². The summed E-state index contributed by atoms with van der Waals surface area (Å²) in [5.41, 5.74) is -1.06. The number of urea groups is 1. The molecule has 2 aliphatic heterocycles. The topological polar surface area (TPSA) is 108 Å². The van der Waals surface area contributed by atoms with E-state index in [0.29, 0.717) is 29.4 Å². The van der Waals surface area contributed by atoms with Gasteiger partial charge in [0, 0.05) is 49.4 Å². The lowest BCUT2D eigenvalue weighted by Gasteiger charge is -2.37. The molecule has 0 saturated carbocycles. The monoisotopic (exact) mass is 560 g/mol. The number of piperidine rings is 1. The second kappa shape index (κ2) is 12.0. The molecular weight excluding hydrogens is 531 g/mol. The van der Waals surface area contributed by atoms with Gasteiger partial charge in [-0.2, -0.15) is 0 Å². The van der Waals surface area contributed by atoms with Crippen molar-refractivity contribution in [3.8, 4) is 0 Å². The first-order valence-corrected chi connectivity index (χ1v) is 12.9.